The molecule has 156 valence electrons. The van der Waals surface area contributed by atoms with E-state index >= 15 is 0 Å². The number of hydrogen-bond donors (Lipinski definition) is 1. The van der Waals surface area contributed by atoms with Crippen LogP contribution in [-0.2, 0) is 16.4 Å². The molecule has 2 aromatic rings. The normalized spacial score (nSPS) is 16.8. The fourth-order valence-corrected chi connectivity index (χ4v) is 5.33. The highest BCUT2D eigenvalue weighted by atomic mass is 32.2. The Hall–Kier alpha value is -2.34. The van der Waals surface area contributed by atoms with Gasteiger partial charge in [0.1, 0.15) is 0 Å². The molecule has 0 spiro atoms. The minimum absolute atomic E-state index is 0.114. The van der Waals surface area contributed by atoms with E-state index in [1.165, 1.54) is 9.87 Å². The molecule has 2 aromatic carbocycles. The molecular weight excluding hydrogens is 384 g/mol. The summed E-state index contributed by atoms with van der Waals surface area (Å²) in [5, 5.41) is 3.13. The SMILES string of the molecule is CCCc1ccc(C(NC(=O)c2cccc(N3CCCS3(=O)=O)c2)C(C)C)cc1. The Morgan fingerprint density at radius 3 is 2.45 bits per heavy atom. The van der Waals surface area contributed by atoms with Crippen molar-refractivity contribution in [3.8, 4) is 0 Å². The lowest BCUT2D eigenvalue weighted by Gasteiger charge is -2.24. The molecule has 0 aromatic heterocycles. The van der Waals surface area contributed by atoms with Crippen molar-refractivity contribution in [2.24, 2.45) is 5.92 Å². The molecular formula is C23H30N2O3S. The molecule has 6 heteroatoms. The summed E-state index contributed by atoms with van der Waals surface area (Å²) in [5.41, 5.74) is 3.40. The van der Waals surface area contributed by atoms with Crippen LogP contribution in [0.1, 0.15) is 61.1 Å². The molecule has 1 aliphatic heterocycles. The predicted octanol–water partition coefficient (Wildman–Crippen LogP) is 4.31. The van der Waals surface area contributed by atoms with Crippen LogP contribution >= 0.6 is 0 Å². The Labute approximate surface area is 174 Å². The molecule has 0 bridgehead atoms. The molecule has 1 atom stereocenters. The summed E-state index contributed by atoms with van der Waals surface area (Å²) < 4.78 is 25.8. The summed E-state index contributed by atoms with van der Waals surface area (Å²) in [6.45, 7) is 6.79. The molecule has 1 amide bonds. The number of rotatable bonds is 7. The van der Waals surface area contributed by atoms with Gasteiger partial charge in [0.15, 0.2) is 0 Å². The summed E-state index contributed by atoms with van der Waals surface area (Å²) >= 11 is 0. The second-order valence-corrected chi connectivity index (χ2v) is 9.99. The van der Waals surface area contributed by atoms with Gasteiger partial charge in [-0.2, -0.15) is 0 Å². The van der Waals surface area contributed by atoms with Crippen LogP contribution in [0.4, 0.5) is 5.69 Å². The lowest BCUT2D eigenvalue weighted by Crippen LogP contribution is -2.32. The van der Waals surface area contributed by atoms with Crippen LogP contribution in [0.3, 0.4) is 0 Å². The monoisotopic (exact) mass is 414 g/mol. The van der Waals surface area contributed by atoms with Crippen LogP contribution < -0.4 is 9.62 Å². The van der Waals surface area contributed by atoms with Crippen LogP contribution in [0.15, 0.2) is 48.5 Å². The Morgan fingerprint density at radius 1 is 1.14 bits per heavy atom. The zero-order valence-electron chi connectivity index (χ0n) is 17.4. The number of carbonyl (C=O) groups excluding carboxylic acids is 1. The van der Waals surface area contributed by atoms with Gasteiger partial charge in [0.2, 0.25) is 10.0 Å². The van der Waals surface area contributed by atoms with E-state index in [1.54, 1.807) is 24.3 Å². The number of benzene rings is 2. The van der Waals surface area contributed by atoms with Gasteiger partial charge in [-0.1, -0.05) is 57.5 Å². The molecule has 3 rings (SSSR count). The van der Waals surface area contributed by atoms with Gasteiger partial charge >= 0.3 is 0 Å². The Bertz CT molecular complexity index is 952. The van der Waals surface area contributed by atoms with Gasteiger partial charge in [-0.05, 0) is 48.1 Å². The molecule has 29 heavy (non-hydrogen) atoms. The number of aryl methyl sites for hydroxylation is 1. The highest BCUT2D eigenvalue weighted by molar-refractivity contribution is 7.93. The molecule has 1 unspecified atom stereocenters. The average Bonchev–Trinajstić information content (AvgIpc) is 3.06. The molecule has 1 heterocycles. The lowest BCUT2D eigenvalue weighted by atomic mass is 9.94. The van der Waals surface area contributed by atoms with E-state index in [9.17, 15) is 13.2 Å². The van der Waals surface area contributed by atoms with E-state index in [2.05, 4.69) is 50.4 Å². The van der Waals surface area contributed by atoms with Gasteiger partial charge in [-0.15, -0.1) is 0 Å². The molecule has 1 N–H and O–H groups in total. The van der Waals surface area contributed by atoms with E-state index in [0.717, 1.165) is 18.4 Å². The molecule has 1 fully saturated rings. The Balaban J connectivity index is 1.79. The second-order valence-electron chi connectivity index (χ2n) is 7.98. The maximum absolute atomic E-state index is 13.0. The van der Waals surface area contributed by atoms with E-state index < -0.39 is 10.0 Å². The van der Waals surface area contributed by atoms with E-state index in [-0.39, 0.29) is 23.6 Å². The third kappa shape index (κ3) is 4.99. The fourth-order valence-electron chi connectivity index (χ4n) is 3.77. The van der Waals surface area contributed by atoms with Gasteiger partial charge in [0.25, 0.3) is 5.91 Å². The summed E-state index contributed by atoms with van der Waals surface area (Å²) in [6, 6.07) is 15.2. The van der Waals surface area contributed by atoms with Crippen LogP contribution in [0.2, 0.25) is 0 Å². The third-order valence-corrected chi connectivity index (χ3v) is 7.20. The van der Waals surface area contributed by atoms with Crippen molar-refractivity contribution >= 4 is 21.6 Å². The zero-order chi connectivity index (χ0) is 21.0. The van der Waals surface area contributed by atoms with Crippen LogP contribution in [0, 0.1) is 5.92 Å². The molecule has 5 nitrogen and oxygen atoms in total. The standard InChI is InChI=1S/C23H30N2O3S/c1-4-7-18-10-12-19(13-11-18)22(17(2)3)24-23(26)20-8-5-9-21(16-20)25-14-6-15-29(25,27)28/h5,8-13,16-17,22H,4,6-7,14-15H2,1-3H3,(H,24,26). The van der Waals surface area contributed by atoms with Gasteiger partial charge < -0.3 is 5.32 Å². The molecule has 1 aliphatic rings. The third-order valence-electron chi connectivity index (χ3n) is 5.33. The number of carbonyl (C=O) groups is 1. The minimum atomic E-state index is -3.27. The first-order chi connectivity index (χ1) is 13.8. The molecule has 1 saturated heterocycles. The first kappa shape index (κ1) is 21.4. The highest BCUT2D eigenvalue weighted by Crippen LogP contribution is 2.26. The van der Waals surface area contributed by atoms with Crippen molar-refractivity contribution in [1.29, 1.82) is 0 Å². The van der Waals surface area contributed by atoms with Crippen molar-refractivity contribution in [3.05, 3.63) is 65.2 Å². The largest absolute Gasteiger partial charge is 0.345 e. The van der Waals surface area contributed by atoms with Crippen molar-refractivity contribution < 1.29 is 13.2 Å². The summed E-state index contributed by atoms with van der Waals surface area (Å²) in [6.07, 6.45) is 2.76. The molecule has 0 radical (unpaired) electrons. The van der Waals surface area contributed by atoms with Crippen molar-refractivity contribution in [1.82, 2.24) is 5.32 Å². The average molecular weight is 415 g/mol. The predicted molar refractivity (Wildman–Crippen MR) is 118 cm³/mol. The Morgan fingerprint density at radius 2 is 1.86 bits per heavy atom. The number of amides is 1. The number of hydrogen-bond acceptors (Lipinski definition) is 3. The first-order valence-corrected chi connectivity index (χ1v) is 11.9. The zero-order valence-corrected chi connectivity index (χ0v) is 18.2. The van der Waals surface area contributed by atoms with Crippen molar-refractivity contribution in [2.75, 3.05) is 16.6 Å². The van der Waals surface area contributed by atoms with E-state index in [4.69, 9.17) is 0 Å². The summed E-state index contributed by atoms with van der Waals surface area (Å²) in [5.74, 6) is 0.185. The van der Waals surface area contributed by atoms with Crippen LogP contribution in [0.5, 0.6) is 0 Å². The summed E-state index contributed by atoms with van der Waals surface area (Å²) in [4.78, 5) is 13.0. The Kier molecular flexibility index (Phi) is 6.63. The van der Waals surface area contributed by atoms with E-state index in [1.807, 2.05) is 0 Å². The lowest BCUT2D eigenvalue weighted by molar-refractivity contribution is 0.0925. The van der Waals surface area contributed by atoms with Gasteiger partial charge in [0, 0.05) is 12.1 Å². The quantitative estimate of drug-likeness (QED) is 0.734. The smallest absolute Gasteiger partial charge is 0.251 e. The van der Waals surface area contributed by atoms with E-state index in [0.29, 0.717) is 24.2 Å². The number of nitrogens with one attached hydrogen (secondary N) is 1. The van der Waals surface area contributed by atoms with Crippen LogP contribution in [0.25, 0.3) is 0 Å². The van der Waals surface area contributed by atoms with Gasteiger partial charge in [0.05, 0.1) is 17.5 Å². The van der Waals surface area contributed by atoms with Crippen molar-refractivity contribution in [2.45, 2.75) is 46.1 Å². The highest BCUT2D eigenvalue weighted by Gasteiger charge is 2.29. The maximum atomic E-state index is 13.0. The second kappa shape index (κ2) is 8.99. The first-order valence-electron chi connectivity index (χ1n) is 10.3. The number of nitrogens with zero attached hydrogens (tertiary/aromatic N) is 1. The maximum Gasteiger partial charge on any atom is 0.251 e. The molecule has 0 saturated carbocycles. The summed E-state index contributed by atoms with van der Waals surface area (Å²) in [7, 11) is -3.27. The van der Waals surface area contributed by atoms with Crippen molar-refractivity contribution in [3.63, 3.8) is 0 Å². The van der Waals surface area contributed by atoms with Gasteiger partial charge in [-0.25, -0.2) is 8.42 Å². The number of anilines is 1. The molecule has 0 aliphatic carbocycles. The van der Waals surface area contributed by atoms with Crippen LogP contribution in [-0.4, -0.2) is 26.6 Å². The number of sulfonamides is 1. The minimum Gasteiger partial charge on any atom is -0.345 e. The van der Waals surface area contributed by atoms with Gasteiger partial charge in [-0.3, -0.25) is 9.10 Å². The fraction of sp³-hybridized carbons (Fsp3) is 0.435. The topological polar surface area (TPSA) is 66.5 Å².